The highest BCUT2D eigenvalue weighted by molar-refractivity contribution is 6.13. The van der Waals surface area contributed by atoms with Gasteiger partial charge in [-0.3, -0.25) is 9.59 Å². The van der Waals surface area contributed by atoms with E-state index in [1.807, 2.05) is 0 Å². The predicted octanol–water partition coefficient (Wildman–Crippen LogP) is 0.460. The number of Topliss-reactive ketones (excluding diaryl/α,β-unsaturated/α-hetero) is 1. The third-order valence-corrected chi connectivity index (χ3v) is 2.82. The molecule has 126 valence electrons. The smallest absolute Gasteiger partial charge is 0.359 e. The summed E-state index contributed by atoms with van der Waals surface area (Å²) in [6, 6.07) is 0. The Morgan fingerprint density at radius 2 is 1.27 bits per heavy atom. The Bertz CT molecular complexity index is 494. The lowest BCUT2D eigenvalue weighted by Gasteiger charge is -2.36. The molecular formula is C14H22O8. The molecule has 0 saturated carbocycles. The van der Waals surface area contributed by atoms with Gasteiger partial charge >= 0.3 is 23.5 Å². The Kier molecular flexibility index (Phi) is 5.50. The average molecular weight is 318 g/mol. The maximum atomic E-state index is 12.5. The number of hydrogen-bond donors (Lipinski definition) is 3. The maximum absolute atomic E-state index is 12.5. The first-order chi connectivity index (χ1) is 9.58. The number of esters is 1. The van der Waals surface area contributed by atoms with Crippen LogP contribution in [0.3, 0.4) is 0 Å². The second-order valence-electron chi connectivity index (χ2n) is 7.00. The fourth-order valence-corrected chi connectivity index (χ4v) is 1.51. The zero-order chi connectivity index (χ0) is 18.1. The van der Waals surface area contributed by atoms with Crippen LogP contribution in [-0.2, 0) is 23.9 Å². The molecule has 0 aliphatic carbocycles. The number of ether oxygens (including phenoxy) is 1. The highest BCUT2D eigenvalue weighted by atomic mass is 16.6. The molecule has 2 atom stereocenters. The molecule has 0 aromatic rings. The number of carbonyl (C=O) groups excluding carboxylic acids is 2. The first-order valence-electron chi connectivity index (χ1n) is 6.51. The first-order valence-corrected chi connectivity index (χ1v) is 6.51. The number of aliphatic hydroxyl groups excluding tert-OH is 1. The van der Waals surface area contributed by atoms with Crippen LogP contribution in [0.2, 0.25) is 0 Å². The molecule has 3 N–H and O–H groups in total. The van der Waals surface area contributed by atoms with E-state index in [9.17, 15) is 29.4 Å². The third kappa shape index (κ3) is 3.82. The van der Waals surface area contributed by atoms with Gasteiger partial charge in [0.15, 0.2) is 5.78 Å². The number of hydrogen-bond acceptors (Lipinski definition) is 6. The molecule has 8 heteroatoms. The lowest BCUT2D eigenvalue weighted by Crippen LogP contribution is -2.64. The van der Waals surface area contributed by atoms with Crippen molar-refractivity contribution in [1.29, 1.82) is 0 Å². The van der Waals surface area contributed by atoms with E-state index in [4.69, 9.17) is 9.84 Å². The Hall–Kier alpha value is -1.96. The van der Waals surface area contributed by atoms with Crippen LogP contribution in [0.15, 0.2) is 0 Å². The van der Waals surface area contributed by atoms with Gasteiger partial charge in [-0.25, -0.2) is 9.59 Å². The summed E-state index contributed by atoms with van der Waals surface area (Å²) >= 11 is 0. The fraction of sp³-hybridized carbons (Fsp3) is 0.714. The van der Waals surface area contributed by atoms with Gasteiger partial charge in [-0.15, -0.1) is 0 Å². The number of carboxylic acid groups (broad SMARTS) is 2. The van der Waals surface area contributed by atoms with Gasteiger partial charge in [0, 0.05) is 5.41 Å². The highest BCUT2D eigenvalue weighted by Crippen LogP contribution is 2.32. The van der Waals surface area contributed by atoms with Crippen LogP contribution < -0.4 is 0 Å². The van der Waals surface area contributed by atoms with Crippen LogP contribution >= 0.6 is 0 Å². The van der Waals surface area contributed by atoms with Crippen LogP contribution in [0.4, 0.5) is 0 Å². The van der Waals surface area contributed by atoms with Crippen molar-refractivity contribution in [2.45, 2.75) is 53.2 Å². The van der Waals surface area contributed by atoms with Gasteiger partial charge in [0.2, 0.25) is 6.10 Å². The molecule has 0 aliphatic heterocycles. The Balaban J connectivity index is 6.26. The molecule has 0 saturated heterocycles. The van der Waals surface area contributed by atoms with Crippen molar-refractivity contribution < 1.29 is 39.2 Å². The first kappa shape index (κ1) is 20.0. The van der Waals surface area contributed by atoms with Crippen LogP contribution in [-0.4, -0.2) is 50.7 Å². The van der Waals surface area contributed by atoms with Gasteiger partial charge in [0.1, 0.15) is 0 Å². The van der Waals surface area contributed by atoms with Crippen molar-refractivity contribution in [3.8, 4) is 0 Å². The predicted molar refractivity (Wildman–Crippen MR) is 74.0 cm³/mol. The van der Waals surface area contributed by atoms with Crippen molar-refractivity contribution in [2.75, 3.05) is 0 Å². The Morgan fingerprint density at radius 1 is 0.864 bits per heavy atom. The fourth-order valence-electron chi connectivity index (χ4n) is 1.51. The monoisotopic (exact) mass is 318 g/mol. The molecule has 0 aliphatic rings. The molecule has 1 unspecified atom stereocenters. The van der Waals surface area contributed by atoms with E-state index in [-0.39, 0.29) is 0 Å². The van der Waals surface area contributed by atoms with E-state index in [1.165, 1.54) is 41.5 Å². The number of ketones is 1. The molecule has 0 fully saturated rings. The Labute approximate surface area is 128 Å². The average Bonchev–Trinajstić information content (AvgIpc) is 2.30. The minimum atomic E-state index is -3.21. The maximum Gasteiger partial charge on any atom is 0.359 e. The molecule has 22 heavy (non-hydrogen) atoms. The van der Waals surface area contributed by atoms with Crippen LogP contribution in [0.1, 0.15) is 41.5 Å². The van der Waals surface area contributed by atoms with Crippen molar-refractivity contribution >= 4 is 23.7 Å². The quantitative estimate of drug-likeness (QED) is 0.491. The van der Waals surface area contributed by atoms with Gasteiger partial charge < -0.3 is 20.1 Å². The standard InChI is InChI=1S/C14H22O8/c1-12(2,3)9(18)14(10(19)20,7(15)8(16)17)22-11(21)13(4,5)6/h7,15H,1-6H3,(H,16,17)(H,19,20)/t7?,14-/m1/s1. The van der Waals surface area contributed by atoms with E-state index in [2.05, 4.69) is 0 Å². The molecule has 0 aromatic heterocycles. The molecule has 8 nitrogen and oxygen atoms in total. The van der Waals surface area contributed by atoms with E-state index in [1.54, 1.807) is 0 Å². The van der Waals surface area contributed by atoms with Gasteiger partial charge in [-0.2, -0.15) is 0 Å². The van der Waals surface area contributed by atoms with Crippen molar-refractivity contribution in [3.63, 3.8) is 0 Å². The summed E-state index contributed by atoms with van der Waals surface area (Å²) in [5, 5.41) is 28.1. The zero-order valence-corrected chi connectivity index (χ0v) is 13.5. The SMILES string of the molecule is CC(C)(C)C(=O)O[C@@](C(=O)O)(C(=O)C(C)(C)C)C(O)C(=O)O. The molecule has 0 aromatic carbocycles. The van der Waals surface area contributed by atoms with Crippen molar-refractivity contribution in [3.05, 3.63) is 0 Å². The topological polar surface area (TPSA) is 138 Å². The molecule has 0 spiro atoms. The largest absolute Gasteiger partial charge is 0.479 e. The van der Waals surface area contributed by atoms with Crippen molar-refractivity contribution in [2.24, 2.45) is 10.8 Å². The summed E-state index contributed by atoms with van der Waals surface area (Å²) in [6.07, 6.45) is -2.73. The second kappa shape index (κ2) is 6.04. The Morgan fingerprint density at radius 3 is 1.50 bits per heavy atom. The minimum absolute atomic E-state index is 1.12. The zero-order valence-electron chi connectivity index (χ0n) is 13.5. The molecule has 0 bridgehead atoms. The molecule has 0 heterocycles. The molecule has 0 amide bonds. The summed E-state index contributed by atoms with van der Waals surface area (Å²) in [5.74, 6) is -6.37. The lowest BCUT2D eigenvalue weighted by atomic mass is 9.76. The van der Waals surface area contributed by atoms with Crippen LogP contribution in [0, 0.1) is 10.8 Å². The summed E-state index contributed by atoms with van der Waals surface area (Å²) < 4.78 is 4.76. The van der Waals surface area contributed by atoms with E-state index in [0.717, 1.165) is 0 Å². The number of aliphatic hydroxyl groups is 1. The minimum Gasteiger partial charge on any atom is -0.479 e. The molecular weight excluding hydrogens is 296 g/mol. The summed E-state index contributed by atoms with van der Waals surface area (Å²) in [7, 11) is 0. The van der Waals surface area contributed by atoms with E-state index < -0.39 is 46.2 Å². The van der Waals surface area contributed by atoms with E-state index >= 15 is 0 Å². The number of carbonyl (C=O) groups is 4. The third-order valence-electron chi connectivity index (χ3n) is 2.82. The van der Waals surface area contributed by atoms with E-state index in [0.29, 0.717) is 0 Å². The van der Waals surface area contributed by atoms with Gasteiger partial charge in [0.25, 0.3) is 0 Å². The second-order valence-corrected chi connectivity index (χ2v) is 7.00. The number of rotatable bonds is 5. The summed E-state index contributed by atoms with van der Waals surface area (Å²) in [5.41, 5.74) is -5.78. The van der Waals surface area contributed by atoms with Crippen molar-refractivity contribution in [1.82, 2.24) is 0 Å². The highest BCUT2D eigenvalue weighted by Gasteiger charge is 2.62. The molecule has 0 radical (unpaired) electrons. The van der Waals surface area contributed by atoms with Gasteiger partial charge in [-0.05, 0) is 20.8 Å². The summed E-state index contributed by atoms with van der Waals surface area (Å²) in [4.78, 5) is 47.1. The normalized spacial score (nSPS) is 16.3. The van der Waals surface area contributed by atoms with Crippen LogP contribution in [0.5, 0.6) is 0 Å². The molecule has 0 rings (SSSR count). The summed E-state index contributed by atoms with van der Waals surface area (Å²) in [6.45, 7) is 8.18. The van der Waals surface area contributed by atoms with Gasteiger partial charge in [-0.1, -0.05) is 20.8 Å². The number of carboxylic acids is 2. The lowest BCUT2D eigenvalue weighted by molar-refractivity contribution is -0.206. The number of aliphatic carboxylic acids is 2. The van der Waals surface area contributed by atoms with Crippen LogP contribution in [0.25, 0.3) is 0 Å². The van der Waals surface area contributed by atoms with Gasteiger partial charge in [0.05, 0.1) is 5.41 Å².